The highest BCUT2D eigenvalue weighted by Crippen LogP contribution is 2.30. The molecule has 0 atom stereocenters. The number of nitrogens with one attached hydrogen (secondary N) is 3. The molecule has 4 N–H and O–H groups in total. The lowest BCUT2D eigenvalue weighted by molar-refractivity contribution is 0.262. The fraction of sp³-hybridized carbons (Fsp3) is 0.353. The number of carbonyl (C=O) groups excluding carboxylic acids is 1. The molecule has 0 saturated heterocycles. The zero-order chi connectivity index (χ0) is 19.1. The molecule has 0 aliphatic rings. The van der Waals surface area contributed by atoms with E-state index >= 15 is 0 Å². The van der Waals surface area contributed by atoms with Gasteiger partial charge >= 0.3 is 6.03 Å². The van der Waals surface area contributed by atoms with E-state index in [9.17, 15) is 4.79 Å². The Morgan fingerprint density at radius 3 is 2.69 bits per heavy atom. The van der Waals surface area contributed by atoms with Crippen LogP contribution in [0.5, 0.6) is 5.75 Å². The van der Waals surface area contributed by atoms with E-state index in [0.29, 0.717) is 40.9 Å². The average Bonchev–Trinajstić information content (AvgIpc) is 2.57. The molecule has 2 aromatic rings. The minimum absolute atomic E-state index is 0.0888. The average molecular weight is 380 g/mol. The van der Waals surface area contributed by atoms with Crippen LogP contribution in [-0.4, -0.2) is 41.4 Å². The lowest BCUT2D eigenvalue weighted by Gasteiger charge is -2.13. The summed E-state index contributed by atoms with van der Waals surface area (Å²) in [5, 5.41) is 17.7. The van der Waals surface area contributed by atoms with Crippen LogP contribution < -0.4 is 20.7 Å². The summed E-state index contributed by atoms with van der Waals surface area (Å²) >= 11 is 6.11. The van der Waals surface area contributed by atoms with Crippen molar-refractivity contribution in [2.24, 2.45) is 0 Å². The first-order chi connectivity index (χ1) is 12.4. The minimum Gasteiger partial charge on any atom is -0.495 e. The van der Waals surface area contributed by atoms with Crippen molar-refractivity contribution >= 4 is 35.1 Å². The first-order valence-corrected chi connectivity index (χ1v) is 8.43. The third-order valence-corrected chi connectivity index (χ3v) is 3.86. The van der Waals surface area contributed by atoms with Crippen LogP contribution in [0.4, 0.5) is 22.2 Å². The standard InChI is InChI=1S/C17H22ClN5O3/c1-10-7-14(26-3)13(9-12(10)18)21-17(25)23-16-20-11(2)8-15(22-16)19-5-4-6-24/h7-9,24H,4-6H2,1-3H3,(H3,19,20,21,22,23,25). The molecule has 140 valence electrons. The quantitative estimate of drug-likeness (QED) is 0.550. The Labute approximate surface area is 157 Å². The minimum atomic E-state index is -0.518. The van der Waals surface area contributed by atoms with Gasteiger partial charge in [-0.05, 0) is 38.0 Å². The fourth-order valence-electron chi connectivity index (χ4n) is 2.19. The number of aryl methyl sites for hydroxylation is 2. The van der Waals surface area contributed by atoms with E-state index in [2.05, 4.69) is 25.9 Å². The molecular weight excluding hydrogens is 358 g/mol. The predicted octanol–water partition coefficient (Wildman–Crippen LogP) is 3.19. The number of hydrogen-bond acceptors (Lipinski definition) is 6. The van der Waals surface area contributed by atoms with Gasteiger partial charge in [-0.15, -0.1) is 0 Å². The molecule has 0 spiro atoms. The molecule has 0 aliphatic carbocycles. The van der Waals surface area contributed by atoms with E-state index in [1.807, 2.05) is 6.92 Å². The molecule has 8 nitrogen and oxygen atoms in total. The van der Waals surface area contributed by atoms with Crippen molar-refractivity contribution in [1.29, 1.82) is 0 Å². The number of benzene rings is 1. The summed E-state index contributed by atoms with van der Waals surface area (Å²) in [6.07, 6.45) is 0.597. The molecule has 9 heteroatoms. The van der Waals surface area contributed by atoms with Gasteiger partial charge in [0.1, 0.15) is 11.6 Å². The number of carbonyl (C=O) groups is 1. The molecule has 0 bridgehead atoms. The summed E-state index contributed by atoms with van der Waals surface area (Å²) in [5.41, 5.74) is 1.97. The number of halogens is 1. The van der Waals surface area contributed by atoms with Crippen LogP contribution in [0.25, 0.3) is 0 Å². The van der Waals surface area contributed by atoms with Gasteiger partial charge in [-0.2, -0.15) is 4.98 Å². The molecule has 0 unspecified atom stereocenters. The highest BCUT2D eigenvalue weighted by Gasteiger charge is 2.12. The number of amides is 2. The van der Waals surface area contributed by atoms with Crippen molar-refractivity contribution in [2.45, 2.75) is 20.3 Å². The van der Waals surface area contributed by atoms with Crippen molar-refractivity contribution in [3.8, 4) is 5.75 Å². The van der Waals surface area contributed by atoms with E-state index < -0.39 is 6.03 Å². The van der Waals surface area contributed by atoms with E-state index in [4.69, 9.17) is 21.4 Å². The van der Waals surface area contributed by atoms with Crippen LogP contribution >= 0.6 is 11.6 Å². The highest BCUT2D eigenvalue weighted by molar-refractivity contribution is 6.31. The second kappa shape index (κ2) is 9.21. The predicted molar refractivity (Wildman–Crippen MR) is 102 cm³/mol. The van der Waals surface area contributed by atoms with Gasteiger partial charge in [-0.25, -0.2) is 9.78 Å². The largest absolute Gasteiger partial charge is 0.495 e. The second-order valence-electron chi connectivity index (χ2n) is 5.60. The highest BCUT2D eigenvalue weighted by atomic mass is 35.5. The Kier molecular flexibility index (Phi) is 6.99. The van der Waals surface area contributed by atoms with Crippen LogP contribution in [0.3, 0.4) is 0 Å². The Morgan fingerprint density at radius 1 is 1.23 bits per heavy atom. The molecule has 26 heavy (non-hydrogen) atoms. The van der Waals surface area contributed by atoms with Crippen molar-refractivity contribution < 1.29 is 14.6 Å². The number of urea groups is 1. The molecule has 0 fully saturated rings. The van der Waals surface area contributed by atoms with Crippen molar-refractivity contribution in [3.63, 3.8) is 0 Å². The van der Waals surface area contributed by atoms with Crippen molar-refractivity contribution in [2.75, 3.05) is 36.2 Å². The molecule has 1 aromatic heterocycles. The normalized spacial score (nSPS) is 10.3. The maximum atomic E-state index is 12.3. The van der Waals surface area contributed by atoms with Crippen LogP contribution in [0.2, 0.25) is 5.02 Å². The third-order valence-electron chi connectivity index (χ3n) is 3.45. The van der Waals surface area contributed by atoms with Crippen molar-refractivity contribution in [3.05, 3.63) is 34.5 Å². The SMILES string of the molecule is COc1cc(C)c(Cl)cc1NC(=O)Nc1nc(C)cc(NCCCO)n1. The lowest BCUT2D eigenvalue weighted by atomic mass is 10.2. The smallest absolute Gasteiger partial charge is 0.326 e. The van der Waals surface area contributed by atoms with Gasteiger partial charge in [0.05, 0.1) is 12.8 Å². The lowest BCUT2D eigenvalue weighted by Crippen LogP contribution is -2.22. The zero-order valence-electron chi connectivity index (χ0n) is 14.9. The maximum Gasteiger partial charge on any atom is 0.326 e. The number of aliphatic hydroxyl groups is 1. The molecule has 0 aliphatic heterocycles. The van der Waals surface area contributed by atoms with Crippen molar-refractivity contribution in [1.82, 2.24) is 9.97 Å². The first kappa shape index (κ1) is 19.7. The summed E-state index contributed by atoms with van der Waals surface area (Å²) in [5.74, 6) is 1.22. The van der Waals surface area contributed by atoms with E-state index in [0.717, 1.165) is 5.56 Å². The second-order valence-corrected chi connectivity index (χ2v) is 6.01. The number of aromatic nitrogens is 2. The molecule has 2 rings (SSSR count). The van der Waals surface area contributed by atoms with Crippen LogP contribution in [0, 0.1) is 13.8 Å². The van der Waals surface area contributed by atoms with Gasteiger partial charge in [0.2, 0.25) is 5.95 Å². The summed E-state index contributed by atoms with van der Waals surface area (Å²) < 4.78 is 5.26. The van der Waals surface area contributed by atoms with Gasteiger partial charge in [-0.3, -0.25) is 5.32 Å². The number of methoxy groups -OCH3 is 1. The number of rotatable bonds is 7. The topological polar surface area (TPSA) is 108 Å². The maximum absolute atomic E-state index is 12.3. The molecular formula is C17H22ClN5O3. The van der Waals surface area contributed by atoms with Crippen LogP contribution in [-0.2, 0) is 0 Å². The zero-order valence-corrected chi connectivity index (χ0v) is 15.6. The Hall–Kier alpha value is -2.58. The number of anilines is 3. The summed E-state index contributed by atoms with van der Waals surface area (Å²) in [7, 11) is 1.51. The van der Waals surface area contributed by atoms with E-state index in [1.165, 1.54) is 7.11 Å². The number of ether oxygens (including phenoxy) is 1. The Morgan fingerprint density at radius 2 is 2.00 bits per heavy atom. The van der Waals surface area contributed by atoms with Crippen LogP contribution in [0.1, 0.15) is 17.7 Å². The van der Waals surface area contributed by atoms with Crippen LogP contribution in [0.15, 0.2) is 18.2 Å². The monoisotopic (exact) mass is 379 g/mol. The van der Waals surface area contributed by atoms with Gasteiger partial charge in [-0.1, -0.05) is 11.6 Å². The summed E-state index contributed by atoms with van der Waals surface area (Å²) in [4.78, 5) is 20.7. The first-order valence-electron chi connectivity index (χ1n) is 8.05. The fourth-order valence-corrected chi connectivity index (χ4v) is 2.35. The van der Waals surface area contributed by atoms with Gasteiger partial charge in [0.15, 0.2) is 0 Å². The Bertz CT molecular complexity index is 785. The molecule has 1 heterocycles. The molecule has 1 aromatic carbocycles. The molecule has 0 saturated carbocycles. The third kappa shape index (κ3) is 5.47. The molecule has 0 radical (unpaired) electrons. The number of aliphatic hydroxyl groups excluding tert-OH is 1. The van der Waals surface area contributed by atoms with Gasteiger partial charge in [0, 0.05) is 29.9 Å². The van der Waals surface area contributed by atoms with E-state index in [1.54, 1.807) is 25.1 Å². The number of nitrogens with zero attached hydrogens (tertiary/aromatic N) is 2. The van der Waals surface area contributed by atoms with Gasteiger partial charge in [0.25, 0.3) is 0 Å². The summed E-state index contributed by atoms with van der Waals surface area (Å²) in [6, 6.07) is 4.59. The molecule has 2 amide bonds. The Balaban J connectivity index is 2.09. The summed E-state index contributed by atoms with van der Waals surface area (Å²) in [6.45, 7) is 4.30. The van der Waals surface area contributed by atoms with E-state index in [-0.39, 0.29) is 12.6 Å². The number of hydrogen-bond donors (Lipinski definition) is 4. The van der Waals surface area contributed by atoms with Gasteiger partial charge < -0.3 is 20.5 Å².